The average molecular weight is 444 g/mol. The lowest BCUT2D eigenvalue weighted by molar-refractivity contribution is -0.122. The van der Waals surface area contributed by atoms with E-state index in [2.05, 4.69) is 27.8 Å². The molecule has 1 aliphatic heterocycles. The molecule has 0 spiro atoms. The molecule has 0 bridgehead atoms. The summed E-state index contributed by atoms with van der Waals surface area (Å²) in [7, 11) is 0. The minimum Gasteiger partial charge on any atom is -0.484 e. The SMILES string of the molecule is CCNC(=O)COc1cccc(CN=C(NCC)NC2CCN(C3CCCCC3)CC2)c1. The van der Waals surface area contributed by atoms with E-state index in [1.165, 1.54) is 58.0 Å². The first-order valence-electron chi connectivity index (χ1n) is 12.4. The van der Waals surface area contributed by atoms with E-state index in [9.17, 15) is 4.79 Å². The number of rotatable bonds is 9. The van der Waals surface area contributed by atoms with Crippen molar-refractivity contribution >= 4 is 11.9 Å². The minimum atomic E-state index is -0.107. The highest BCUT2D eigenvalue weighted by atomic mass is 16.5. The van der Waals surface area contributed by atoms with E-state index in [0.717, 1.165) is 24.1 Å². The van der Waals surface area contributed by atoms with Crippen LogP contribution in [0.5, 0.6) is 5.75 Å². The fourth-order valence-corrected chi connectivity index (χ4v) is 4.67. The molecule has 1 amide bonds. The predicted molar refractivity (Wildman–Crippen MR) is 130 cm³/mol. The van der Waals surface area contributed by atoms with Crippen molar-refractivity contribution in [2.45, 2.75) is 77.4 Å². The first-order chi connectivity index (χ1) is 15.7. The number of aliphatic imine (C=N–C) groups is 1. The largest absolute Gasteiger partial charge is 0.484 e. The molecule has 7 heteroatoms. The maximum atomic E-state index is 11.6. The van der Waals surface area contributed by atoms with Crippen LogP contribution in [0.25, 0.3) is 0 Å². The van der Waals surface area contributed by atoms with Gasteiger partial charge in [0.05, 0.1) is 6.54 Å². The molecule has 0 unspecified atom stereocenters. The number of hydrogen-bond donors (Lipinski definition) is 3. The summed E-state index contributed by atoms with van der Waals surface area (Å²) in [4.78, 5) is 19.1. The molecule has 2 aliphatic rings. The Labute approximate surface area is 193 Å². The van der Waals surface area contributed by atoms with Crippen molar-refractivity contribution in [2.75, 3.05) is 32.8 Å². The molecule has 1 saturated carbocycles. The molecule has 2 fully saturated rings. The average Bonchev–Trinajstić information content (AvgIpc) is 2.83. The first-order valence-corrected chi connectivity index (χ1v) is 12.4. The van der Waals surface area contributed by atoms with Crippen LogP contribution in [-0.4, -0.2) is 61.6 Å². The third-order valence-corrected chi connectivity index (χ3v) is 6.37. The summed E-state index contributed by atoms with van der Waals surface area (Å²) >= 11 is 0. The second kappa shape index (κ2) is 13.3. The molecule has 1 heterocycles. The van der Waals surface area contributed by atoms with Gasteiger partial charge in [-0.15, -0.1) is 0 Å². The van der Waals surface area contributed by atoms with E-state index in [0.29, 0.717) is 24.9 Å². The Morgan fingerprint density at radius 1 is 1.06 bits per heavy atom. The van der Waals surface area contributed by atoms with Crippen molar-refractivity contribution in [3.63, 3.8) is 0 Å². The van der Waals surface area contributed by atoms with Crippen LogP contribution in [0.15, 0.2) is 29.3 Å². The number of benzene rings is 1. The second-order valence-electron chi connectivity index (χ2n) is 8.83. The van der Waals surface area contributed by atoms with Crippen LogP contribution in [0.1, 0.15) is 64.4 Å². The topological polar surface area (TPSA) is 78.0 Å². The number of nitrogens with one attached hydrogen (secondary N) is 3. The molecule has 0 atom stereocenters. The Balaban J connectivity index is 1.48. The van der Waals surface area contributed by atoms with Gasteiger partial charge in [0.25, 0.3) is 5.91 Å². The first kappa shape index (κ1) is 24.4. The Kier molecular flexibility index (Phi) is 10.1. The minimum absolute atomic E-state index is 0.0321. The highest BCUT2D eigenvalue weighted by molar-refractivity contribution is 5.80. The standard InChI is InChI=1S/C25H41N5O2/c1-3-26-24(31)19-32-23-12-8-9-20(17-23)18-28-25(27-4-2)29-21-13-15-30(16-14-21)22-10-6-5-7-11-22/h8-9,12,17,21-22H,3-7,10-11,13-16,18-19H2,1-2H3,(H,26,31)(H2,27,28,29). The molecule has 3 N–H and O–H groups in total. The molecule has 0 radical (unpaired) electrons. The van der Waals surface area contributed by atoms with Gasteiger partial charge < -0.3 is 25.6 Å². The van der Waals surface area contributed by atoms with Crippen LogP contribution in [-0.2, 0) is 11.3 Å². The summed E-state index contributed by atoms with van der Waals surface area (Å²) in [5, 5.41) is 9.77. The zero-order chi connectivity index (χ0) is 22.6. The number of ether oxygens (including phenoxy) is 1. The van der Waals surface area contributed by atoms with Gasteiger partial charge in [0.1, 0.15) is 5.75 Å². The van der Waals surface area contributed by atoms with E-state index < -0.39 is 0 Å². The molecule has 32 heavy (non-hydrogen) atoms. The lowest BCUT2D eigenvalue weighted by Gasteiger charge is -2.39. The zero-order valence-corrected chi connectivity index (χ0v) is 19.9. The van der Waals surface area contributed by atoms with Crippen molar-refractivity contribution in [1.29, 1.82) is 0 Å². The van der Waals surface area contributed by atoms with E-state index in [4.69, 9.17) is 9.73 Å². The number of hydrogen-bond acceptors (Lipinski definition) is 4. The van der Waals surface area contributed by atoms with Gasteiger partial charge in [0.2, 0.25) is 0 Å². The highest BCUT2D eigenvalue weighted by Gasteiger charge is 2.26. The van der Waals surface area contributed by atoms with Gasteiger partial charge in [-0.25, -0.2) is 4.99 Å². The van der Waals surface area contributed by atoms with E-state index in [-0.39, 0.29) is 12.5 Å². The number of carbonyl (C=O) groups is 1. The van der Waals surface area contributed by atoms with Gasteiger partial charge in [-0.2, -0.15) is 0 Å². The quantitative estimate of drug-likeness (QED) is 0.404. The lowest BCUT2D eigenvalue weighted by Crippen LogP contribution is -2.50. The van der Waals surface area contributed by atoms with Crippen LogP contribution < -0.4 is 20.7 Å². The Morgan fingerprint density at radius 3 is 2.53 bits per heavy atom. The molecule has 3 rings (SSSR count). The van der Waals surface area contributed by atoms with Gasteiger partial charge in [-0.3, -0.25) is 4.79 Å². The number of piperidine rings is 1. The number of amides is 1. The summed E-state index contributed by atoms with van der Waals surface area (Å²) < 4.78 is 5.60. The van der Waals surface area contributed by atoms with Crippen molar-refractivity contribution in [2.24, 2.45) is 4.99 Å². The summed E-state index contributed by atoms with van der Waals surface area (Å²) in [5.74, 6) is 1.46. The highest BCUT2D eigenvalue weighted by Crippen LogP contribution is 2.25. The predicted octanol–water partition coefficient (Wildman–Crippen LogP) is 3.05. The zero-order valence-electron chi connectivity index (χ0n) is 19.9. The van der Waals surface area contributed by atoms with Crippen molar-refractivity contribution in [3.05, 3.63) is 29.8 Å². The maximum Gasteiger partial charge on any atom is 0.257 e. The van der Waals surface area contributed by atoms with Crippen molar-refractivity contribution < 1.29 is 9.53 Å². The van der Waals surface area contributed by atoms with Crippen LogP contribution in [0.4, 0.5) is 0 Å². The number of likely N-dealkylation sites (tertiary alicyclic amines) is 1. The van der Waals surface area contributed by atoms with E-state index in [1.54, 1.807) is 0 Å². The van der Waals surface area contributed by atoms with Gasteiger partial charge in [-0.1, -0.05) is 31.4 Å². The number of likely N-dealkylation sites (N-methyl/N-ethyl adjacent to an activating group) is 1. The third kappa shape index (κ3) is 8.01. The van der Waals surface area contributed by atoms with Crippen LogP contribution in [0.3, 0.4) is 0 Å². The molecule has 7 nitrogen and oxygen atoms in total. The lowest BCUT2D eigenvalue weighted by atomic mass is 9.92. The summed E-state index contributed by atoms with van der Waals surface area (Å²) in [6, 6.07) is 9.09. The van der Waals surface area contributed by atoms with Crippen LogP contribution in [0, 0.1) is 0 Å². The smallest absolute Gasteiger partial charge is 0.257 e. The third-order valence-electron chi connectivity index (χ3n) is 6.37. The van der Waals surface area contributed by atoms with Crippen molar-refractivity contribution in [3.8, 4) is 5.75 Å². The van der Waals surface area contributed by atoms with Crippen LogP contribution >= 0.6 is 0 Å². The molecule has 1 aliphatic carbocycles. The Hall–Kier alpha value is -2.28. The maximum absolute atomic E-state index is 11.6. The van der Waals surface area contributed by atoms with E-state index in [1.807, 2.05) is 31.2 Å². The second-order valence-corrected chi connectivity index (χ2v) is 8.83. The normalized spacial score (nSPS) is 18.9. The van der Waals surface area contributed by atoms with Crippen molar-refractivity contribution in [1.82, 2.24) is 20.9 Å². The molecule has 0 aromatic heterocycles. The van der Waals surface area contributed by atoms with Gasteiger partial charge in [-0.05, 0) is 57.2 Å². The Morgan fingerprint density at radius 2 is 1.81 bits per heavy atom. The van der Waals surface area contributed by atoms with Crippen LogP contribution in [0.2, 0.25) is 0 Å². The van der Waals surface area contributed by atoms with Gasteiger partial charge in [0.15, 0.2) is 12.6 Å². The number of carbonyl (C=O) groups excluding carboxylic acids is 1. The monoisotopic (exact) mass is 443 g/mol. The summed E-state index contributed by atoms with van der Waals surface area (Å²) in [6.45, 7) is 8.41. The van der Waals surface area contributed by atoms with E-state index >= 15 is 0 Å². The van der Waals surface area contributed by atoms with Gasteiger partial charge >= 0.3 is 0 Å². The Bertz CT molecular complexity index is 725. The molecule has 178 valence electrons. The number of guanidine groups is 1. The number of nitrogens with zero attached hydrogens (tertiary/aromatic N) is 2. The van der Waals surface area contributed by atoms with Gasteiger partial charge in [0, 0.05) is 38.3 Å². The fraction of sp³-hybridized carbons (Fsp3) is 0.680. The molecular weight excluding hydrogens is 402 g/mol. The fourth-order valence-electron chi connectivity index (χ4n) is 4.67. The summed E-state index contributed by atoms with van der Waals surface area (Å²) in [6.07, 6.45) is 9.33. The molecular formula is C25H41N5O2. The molecule has 1 aromatic carbocycles. The summed E-state index contributed by atoms with van der Waals surface area (Å²) in [5.41, 5.74) is 1.06. The molecule has 1 aromatic rings. The molecule has 1 saturated heterocycles.